The van der Waals surface area contributed by atoms with Gasteiger partial charge in [-0.15, -0.1) is 0 Å². The molecule has 0 unspecified atom stereocenters. The Morgan fingerprint density at radius 1 is 1.43 bits per heavy atom. The third-order valence-corrected chi connectivity index (χ3v) is 3.18. The predicted octanol–water partition coefficient (Wildman–Crippen LogP) is 2.74. The van der Waals surface area contributed by atoms with Crippen LogP contribution in [0.5, 0.6) is 0 Å². The van der Waals surface area contributed by atoms with Crippen molar-refractivity contribution in [2.75, 3.05) is 0 Å². The van der Waals surface area contributed by atoms with E-state index in [2.05, 4.69) is 10.1 Å². The van der Waals surface area contributed by atoms with E-state index in [1.807, 2.05) is 0 Å². The number of aryl methyl sites for hydroxylation is 2. The first-order chi connectivity index (χ1) is 10.1. The number of aromatic nitrogens is 3. The zero-order valence-corrected chi connectivity index (χ0v) is 11.6. The van der Waals surface area contributed by atoms with Crippen molar-refractivity contribution in [2.45, 2.75) is 6.92 Å². The molecule has 21 heavy (non-hydrogen) atoms. The number of pyridine rings is 1. The summed E-state index contributed by atoms with van der Waals surface area (Å²) in [5, 5.41) is 14.2. The topological polar surface area (TPSA) is 81.2 Å². The molecule has 0 atom stereocenters. The SMILES string of the molecule is Cc1nn(C)c2nc(/C=C/c3ccco3)cc(C(=O)O)c12. The molecule has 0 spiro atoms. The molecule has 3 aromatic heterocycles. The maximum Gasteiger partial charge on any atom is 0.336 e. The van der Waals surface area contributed by atoms with Gasteiger partial charge in [0.25, 0.3) is 0 Å². The highest BCUT2D eigenvalue weighted by molar-refractivity contribution is 6.03. The average Bonchev–Trinajstić information content (AvgIpc) is 3.05. The summed E-state index contributed by atoms with van der Waals surface area (Å²) in [6.07, 6.45) is 5.03. The minimum absolute atomic E-state index is 0.199. The van der Waals surface area contributed by atoms with Crippen molar-refractivity contribution in [1.29, 1.82) is 0 Å². The first-order valence-corrected chi connectivity index (χ1v) is 6.35. The third-order valence-electron chi connectivity index (χ3n) is 3.18. The van der Waals surface area contributed by atoms with Gasteiger partial charge in [0.05, 0.1) is 28.6 Å². The fourth-order valence-electron chi connectivity index (χ4n) is 2.27. The van der Waals surface area contributed by atoms with E-state index in [-0.39, 0.29) is 5.56 Å². The molecule has 0 aromatic carbocycles. The largest absolute Gasteiger partial charge is 0.478 e. The second kappa shape index (κ2) is 4.90. The van der Waals surface area contributed by atoms with Gasteiger partial charge >= 0.3 is 5.97 Å². The molecule has 6 nitrogen and oxygen atoms in total. The van der Waals surface area contributed by atoms with E-state index in [9.17, 15) is 9.90 Å². The maximum absolute atomic E-state index is 11.5. The van der Waals surface area contributed by atoms with Crippen molar-refractivity contribution in [3.63, 3.8) is 0 Å². The quantitative estimate of drug-likeness (QED) is 0.799. The van der Waals surface area contributed by atoms with E-state index in [1.165, 1.54) is 0 Å². The van der Waals surface area contributed by atoms with Crippen LogP contribution in [-0.4, -0.2) is 25.8 Å². The van der Waals surface area contributed by atoms with E-state index in [0.29, 0.717) is 28.2 Å². The van der Waals surface area contributed by atoms with Crippen LogP contribution in [0.3, 0.4) is 0 Å². The Morgan fingerprint density at radius 2 is 2.24 bits per heavy atom. The van der Waals surface area contributed by atoms with Crippen LogP contribution in [0.25, 0.3) is 23.2 Å². The van der Waals surface area contributed by atoms with Crippen LogP contribution in [0.15, 0.2) is 28.9 Å². The average molecular weight is 283 g/mol. The van der Waals surface area contributed by atoms with Gasteiger partial charge in [0.15, 0.2) is 5.65 Å². The van der Waals surface area contributed by atoms with Crippen LogP contribution >= 0.6 is 0 Å². The van der Waals surface area contributed by atoms with Crippen LogP contribution in [-0.2, 0) is 7.05 Å². The number of carboxylic acid groups (broad SMARTS) is 1. The molecule has 0 radical (unpaired) electrons. The second-order valence-corrected chi connectivity index (χ2v) is 4.66. The summed E-state index contributed by atoms with van der Waals surface area (Å²) in [5.41, 5.74) is 1.94. The number of fused-ring (bicyclic) bond motifs is 1. The predicted molar refractivity (Wildman–Crippen MR) is 77.8 cm³/mol. The summed E-state index contributed by atoms with van der Waals surface area (Å²) >= 11 is 0. The number of aromatic carboxylic acids is 1. The molecule has 3 aromatic rings. The Labute approximate surface area is 120 Å². The number of carbonyl (C=O) groups is 1. The number of carboxylic acids is 1. The molecule has 106 valence electrons. The number of hydrogen-bond acceptors (Lipinski definition) is 4. The minimum atomic E-state index is -0.994. The first kappa shape index (κ1) is 13.1. The Balaban J connectivity index is 2.16. The van der Waals surface area contributed by atoms with Crippen LogP contribution in [0.2, 0.25) is 0 Å². The molecule has 1 N–H and O–H groups in total. The van der Waals surface area contributed by atoms with Crippen molar-refractivity contribution in [2.24, 2.45) is 7.05 Å². The van der Waals surface area contributed by atoms with Crippen LogP contribution < -0.4 is 0 Å². The molecular formula is C15H13N3O3. The lowest BCUT2D eigenvalue weighted by atomic mass is 10.1. The van der Waals surface area contributed by atoms with Crippen LogP contribution in [0.1, 0.15) is 27.5 Å². The highest BCUT2D eigenvalue weighted by Crippen LogP contribution is 2.22. The zero-order valence-electron chi connectivity index (χ0n) is 11.6. The summed E-state index contributed by atoms with van der Waals surface area (Å²) in [4.78, 5) is 15.9. The van der Waals surface area contributed by atoms with Gasteiger partial charge in [-0.2, -0.15) is 5.10 Å². The highest BCUT2D eigenvalue weighted by atomic mass is 16.4. The molecule has 6 heteroatoms. The van der Waals surface area contributed by atoms with Gasteiger partial charge in [-0.05, 0) is 37.3 Å². The molecule has 3 heterocycles. The number of nitrogens with zero attached hydrogens (tertiary/aromatic N) is 3. The fourth-order valence-corrected chi connectivity index (χ4v) is 2.27. The highest BCUT2D eigenvalue weighted by Gasteiger charge is 2.17. The molecular weight excluding hydrogens is 270 g/mol. The van der Waals surface area contributed by atoms with Crippen molar-refractivity contribution < 1.29 is 14.3 Å². The van der Waals surface area contributed by atoms with Gasteiger partial charge in [0.2, 0.25) is 0 Å². The van der Waals surface area contributed by atoms with Gasteiger partial charge in [-0.25, -0.2) is 9.78 Å². The van der Waals surface area contributed by atoms with Crippen molar-refractivity contribution >= 4 is 29.2 Å². The van der Waals surface area contributed by atoms with E-state index in [4.69, 9.17) is 4.42 Å². The Hall–Kier alpha value is -2.89. The van der Waals surface area contributed by atoms with E-state index in [0.717, 1.165) is 0 Å². The standard InChI is InChI=1S/C15H13N3O3/c1-9-13-12(15(19)20)8-10(16-14(13)18(2)17-9)5-6-11-4-3-7-21-11/h3-8H,1-2H3,(H,19,20)/b6-5+. The molecule has 0 saturated heterocycles. The summed E-state index contributed by atoms with van der Waals surface area (Å²) in [7, 11) is 1.74. The monoisotopic (exact) mass is 283 g/mol. The second-order valence-electron chi connectivity index (χ2n) is 4.66. The molecule has 0 aliphatic carbocycles. The third kappa shape index (κ3) is 2.31. The van der Waals surface area contributed by atoms with Gasteiger partial charge < -0.3 is 9.52 Å². The molecule has 0 aliphatic rings. The molecule has 0 fully saturated rings. The van der Waals surface area contributed by atoms with Gasteiger partial charge in [-0.3, -0.25) is 4.68 Å². The summed E-state index contributed by atoms with van der Waals surface area (Å²) in [6, 6.07) is 5.13. The van der Waals surface area contributed by atoms with E-state index in [1.54, 1.807) is 55.3 Å². The van der Waals surface area contributed by atoms with Crippen LogP contribution in [0.4, 0.5) is 0 Å². The molecule has 0 bridgehead atoms. The fraction of sp³-hybridized carbons (Fsp3) is 0.133. The molecule has 0 saturated carbocycles. The summed E-state index contributed by atoms with van der Waals surface area (Å²) in [5.74, 6) is -0.318. The van der Waals surface area contributed by atoms with Crippen molar-refractivity contribution in [3.05, 3.63) is 47.2 Å². The molecule has 0 amide bonds. The Kier molecular flexibility index (Phi) is 3.06. The van der Waals surface area contributed by atoms with Gasteiger partial charge in [0, 0.05) is 7.05 Å². The summed E-state index contributed by atoms with van der Waals surface area (Å²) in [6.45, 7) is 1.77. The maximum atomic E-state index is 11.5. The van der Waals surface area contributed by atoms with E-state index >= 15 is 0 Å². The lowest BCUT2D eigenvalue weighted by Crippen LogP contribution is -2.01. The number of furan rings is 1. The normalized spacial score (nSPS) is 11.5. The van der Waals surface area contributed by atoms with Crippen molar-refractivity contribution in [1.82, 2.24) is 14.8 Å². The first-order valence-electron chi connectivity index (χ1n) is 6.35. The van der Waals surface area contributed by atoms with E-state index < -0.39 is 5.97 Å². The van der Waals surface area contributed by atoms with Gasteiger partial charge in [0.1, 0.15) is 5.76 Å². The van der Waals surface area contributed by atoms with Crippen molar-refractivity contribution in [3.8, 4) is 0 Å². The lowest BCUT2D eigenvalue weighted by molar-refractivity contribution is 0.0699. The molecule has 0 aliphatic heterocycles. The Bertz CT molecular complexity index is 845. The molecule has 3 rings (SSSR count). The number of rotatable bonds is 3. The lowest BCUT2D eigenvalue weighted by Gasteiger charge is -2.01. The Morgan fingerprint density at radius 3 is 2.90 bits per heavy atom. The smallest absolute Gasteiger partial charge is 0.336 e. The minimum Gasteiger partial charge on any atom is -0.478 e. The zero-order chi connectivity index (χ0) is 15.0. The van der Waals surface area contributed by atoms with Crippen LogP contribution in [0, 0.1) is 6.92 Å². The number of hydrogen-bond donors (Lipinski definition) is 1. The summed E-state index contributed by atoms with van der Waals surface area (Å²) < 4.78 is 6.78. The van der Waals surface area contributed by atoms with Gasteiger partial charge in [-0.1, -0.05) is 0 Å².